The molecule has 4 aromatic carbocycles. The summed E-state index contributed by atoms with van der Waals surface area (Å²) >= 11 is 0. The lowest BCUT2D eigenvalue weighted by molar-refractivity contribution is 0.583. The maximum absolute atomic E-state index is 15.2. The lowest BCUT2D eigenvalue weighted by Crippen LogP contribution is -2.15. The Bertz CT molecular complexity index is 1270. The summed E-state index contributed by atoms with van der Waals surface area (Å²) in [5.74, 6) is 0. The van der Waals surface area contributed by atoms with Crippen LogP contribution in [0.5, 0.6) is 0 Å². The SMILES string of the molecule is O=P1(c2ccccc2)C(c2ccccc2)=CC(c2ccccc2)=CC1c1ccccc1. The van der Waals surface area contributed by atoms with Crippen LogP contribution in [0.15, 0.2) is 133 Å². The van der Waals surface area contributed by atoms with E-state index in [1.165, 1.54) is 0 Å². The van der Waals surface area contributed by atoms with Crippen LogP contribution in [0.2, 0.25) is 0 Å². The quantitative estimate of drug-likeness (QED) is 0.313. The Balaban J connectivity index is 1.81. The normalized spacial score (nSPS) is 20.6. The third kappa shape index (κ3) is 3.63. The number of allylic oxidation sites excluding steroid dienone is 3. The van der Waals surface area contributed by atoms with Crippen molar-refractivity contribution in [1.82, 2.24) is 0 Å². The van der Waals surface area contributed by atoms with Gasteiger partial charge >= 0.3 is 0 Å². The van der Waals surface area contributed by atoms with Gasteiger partial charge in [-0.2, -0.15) is 0 Å². The van der Waals surface area contributed by atoms with E-state index in [2.05, 4.69) is 60.7 Å². The molecule has 1 heterocycles. The molecule has 0 aliphatic carbocycles. The van der Waals surface area contributed by atoms with E-state index in [1.807, 2.05) is 72.8 Å². The van der Waals surface area contributed by atoms with Crippen LogP contribution in [0.3, 0.4) is 0 Å². The predicted octanol–water partition coefficient (Wildman–Crippen LogP) is 7.55. The minimum Gasteiger partial charge on any atom is -0.313 e. The van der Waals surface area contributed by atoms with Gasteiger partial charge in [-0.25, -0.2) is 0 Å². The molecule has 1 nitrogen and oxygen atoms in total. The Morgan fingerprint density at radius 3 is 1.61 bits per heavy atom. The number of rotatable bonds is 4. The molecule has 0 fully saturated rings. The molecule has 150 valence electrons. The van der Waals surface area contributed by atoms with Crippen molar-refractivity contribution in [1.29, 1.82) is 0 Å². The van der Waals surface area contributed by atoms with Gasteiger partial charge in [0.2, 0.25) is 0 Å². The molecule has 1 aliphatic heterocycles. The van der Waals surface area contributed by atoms with Crippen LogP contribution < -0.4 is 5.30 Å². The largest absolute Gasteiger partial charge is 0.313 e. The molecule has 2 atom stereocenters. The lowest BCUT2D eigenvalue weighted by Gasteiger charge is -2.33. The molecule has 2 heteroatoms. The van der Waals surface area contributed by atoms with Crippen molar-refractivity contribution in [2.24, 2.45) is 0 Å². The van der Waals surface area contributed by atoms with Gasteiger partial charge in [0.25, 0.3) is 0 Å². The van der Waals surface area contributed by atoms with Crippen LogP contribution in [0.25, 0.3) is 10.9 Å². The molecule has 0 saturated carbocycles. The van der Waals surface area contributed by atoms with Gasteiger partial charge in [0, 0.05) is 10.6 Å². The monoisotopic (exact) mass is 418 g/mol. The lowest BCUT2D eigenvalue weighted by atomic mass is 10.00. The fourth-order valence-corrected chi connectivity index (χ4v) is 7.66. The highest BCUT2D eigenvalue weighted by Crippen LogP contribution is 2.70. The molecule has 0 radical (unpaired) electrons. The zero-order chi connectivity index (χ0) is 21.1. The van der Waals surface area contributed by atoms with Crippen molar-refractivity contribution in [3.63, 3.8) is 0 Å². The second kappa shape index (κ2) is 8.38. The van der Waals surface area contributed by atoms with Crippen molar-refractivity contribution in [3.05, 3.63) is 150 Å². The van der Waals surface area contributed by atoms with Gasteiger partial charge in [0.05, 0.1) is 5.66 Å². The van der Waals surface area contributed by atoms with Crippen LogP contribution in [0.4, 0.5) is 0 Å². The summed E-state index contributed by atoms with van der Waals surface area (Å²) in [6, 6.07) is 40.7. The standard InChI is InChI=1S/C29H23OP/c30-31(27-19-11-4-12-20-27)28(24-15-7-2-8-16-24)21-26(23-13-5-1-6-14-23)22-29(31)25-17-9-3-10-18-25/h1-22,28H. The second-order valence-corrected chi connectivity index (χ2v) is 10.6. The van der Waals surface area contributed by atoms with Crippen molar-refractivity contribution >= 4 is 23.3 Å². The molecular weight excluding hydrogens is 395 g/mol. The molecular formula is C29H23OP. The highest BCUT2D eigenvalue weighted by molar-refractivity contribution is 7.81. The van der Waals surface area contributed by atoms with Gasteiger partial charge in [-0.1, -0.05) is 127 Å². The zero-order valence-electron chi connectivity index (χ0n) is 17.1. The molecule has 1 aliphatic rings. The van der Waals surface area contributed by atoms with E-state index in [-0.39, 0.29) is 5.66 Å². The van der Waals surface area contributed by atoms with E-state index >= 15 is 4.57 Å². The minimum absolute atomic E-state index is 0.230. The molecule has 0 aromatic heterocycles. The van der Waals surface area contributed by atoms with Crippen molar-refractivity contribution in [2.45, 2.75) is 5.66 Å². The Morgan fingerprint density at radius 1 is 0.548 bits per heavy atom. The molecule has 0 spiro atoms. The highest BCUT2D eigenvalue weighted by Gasteiger charge is 2.41. The summed E-state index contributed by atoms with van der Waals surface area (Å²) in [5.41, 5.74) is 4.10. The fraction of sp³-hybridized carbons (Fsp3) is 0.0345. The summed E-state index contributed by atoms with van der Waals surface area (Å²) in [6.07, 6.45) is 4.34. The summed E-state index contributed by atoms with van der Waals surface area (Å²) in [4.78, 5) is 0. The van der Waals surface area contributed by atoms with E-state index in [9.17, 15) is 0 Å². The molecule has 0 saturated heterocycles. The van der Waals surface area contributed by atoms with E-state index in [4.69, 9.17) is 0 Å². The van der Waals surface area contributed by atoms with Crippen LogP contribution in [-0.4, -0.2) is 0 Å². The average molecular weight is 418 g/mol. The first-order valence-corrected chi connectivity index (χ1v) is 12.3. The maximum Gasteiger partial charge on any atom is 0.154 e. The first-order chi connectivity index (χ1) is 15.3. The van der Waals surface area contributed by atoms with E-state index < -0.39 is 7.14 Å². The molecule has 0 amide bonds. The van der Waals surface area contributed by atoms with Crippen LogP contribution in [-0.2, 0) is 4.57 Å². The van der Waals surface area contributed by atoms with Crippen molar-refractivity contribution < 1.29 is 4.57 Å². The Kier molecular flexibility index (Phi) is 5.28. The molecule has 5 rings (SSSR count). The summed E-state index contributed by atoms with van der Waals surface area (Å²) in [6.45, 7) is 0. The molecule has 4 aromatic rings. The van der Waals surface area contributed by atoms with Gasteiger partial charge in [0.1, 0.15) is 0 Å². The number of benzene rings is 4. The Labute approximate surface area is 183 Å². The molecule has 0 bridgehead atoms. The zero-order valence-corrected chi connectivity index (χ0v) is 18.0. The molecule has 2 unspecified atom stereocenters. The minimum atomic E-state index is -3.00. The first kappa shape index (κ1) is 19.5. The second-order valence-electron chi connectivity index (χ2n) is 7.73. The Hall–Kier alpha value is -3.41. The summed E-state index contributed by atoms with van der Waals surface area (Å²) in [7, 11) is -3.00. The smallest absolute Gasteiger partial charge is 0.154 e. The van der Waals surface area contributed by atoms with E-state index in [0.717, 1.165) is 32.9 Å². The Morgan fingerprint density at radius 2 is 1.03 bits per heavy atom. The van der Waals surface area contributed by atoms with Gasteiger partial charge in [-0.3, -0.25) is 0 Å². The van der Waals surface area contributed by atoms with Gasteiger partial charge < -0.3 is 4.57 Å². The third-order valence-electron chi connectivity index (χ3n) is 5.84. The third-order valence-corrected chi connectivity index (χ3v) is 9.24. The topological polar surface area (TPSA) is 17.1 Å². The van der Waals surface area contributed by atoms with Crippen LogP contribution >= 0.6 is 7.14 Å². The molecule has 0 N–H and O–H groups in total. The summed E-state index contributed by atoms with van der Waals surface area (Å²) in [5, 5.41) is 1.80. The van der Waals surface area contributed by atoms with Gasteiger partial charge in [-0.05, 0) is 28.3 Å². The maximum atomic E-state index is 15.2. The van der Waals surface area contributed by atoms with Crippen molar-refractivity contribution in [2.75, 3.05) is 0 Å². The van der Waals surface area contributed by atoms with Crippen LogP contribution in [0, 0.1) is 0 Å². The first-order valence-electron chi connectivity index (χ1n) is 10.5. The number of hydrogen-bond acceptors (Lipinski definition) is 1. The summed E-state index contributed by atoms with van der Waals surface area (Å²) < 4.78 is 15.2. The molecule has 31 heavy (non-hydrogen) atoms. The average Bonchev–Trinajstić information content (AvgIpc) is 2.86. The van der Waals surface area contributed by atoms with Crippen molar-refractivity contribution in [3.8, 4) is 0 Å². The van der Waals surface area contributed by atoms with E-state index in [1.54, 1.807) is 0 Å². The highest BCUT2D eigenvalue weighted by atomic mass is 31.2. The predicted molar refractivity (Wildman–Crippen MR) is 132 cm³/mol. The van der Waals surface area contributed by atoms with E-state index in [0.29, 0.717) is 0 Å². The number of hydrogen-bond donors (Lipinski definition) is 0. The van der Waals surface area contributed by atoms with Gasteiger partial charge in [0.15, 0.2) is 7.14 Å². The fourth-order valence-electron chi connectivity index (χ4n) is 4.32. The van der Waals surface area contributed by atoms with Crippen LogP contribution in [0.1, 0.15) is 22.3 Å². The van der Waals surface area contributed by atoms with Gasteiger partial charge in [-0.15, -0.1) is 0 Å².